The Morgan fingerprint density at radius 1 is 1.33 bits per heavy atom. The molecule has 2 aromatic rings. The summed E-state index contributed by atoms with van der Waals surface area (Å²) in [4.78, 5) is 4.09. The van der Waals surface area contributed by atoms with Crippen LogP contribution >= 0.6 is 0 Å². The molecule has 1 aromatic heterocycles. The van der Waals surface area contributed by atoms with Crippen LogP contribution in [0, 0.1) is 12.7 Å². The molecule has 2 nitrogen and oxygen atoms in total. The van der Waals surface area contributed by atoms with Crippen LogP contribution < -0.4 is 5.32 Å². The van der Waals surface area contributed by atoms with E-state index in [1.54, 1.807) is 18.3 Å². The highest BCUT2D eigenvalue weighted by atomic mass is 19.1. The number of benzene rings is 1. The maximum atomic E-state index is 13.2. The van der Waals surface area contributed by atoms with Gasteiger partial charge in [-0.25, -0.2) is 4.39 Å². The summed E-state index contributed by atoms with van der Waals surface area (Å²) < 4.78 is 13.2. The van der Waals surface area contributed by atoms with E-state index in [4.69, 9.17) is 0 Å². The molecule has 0 aliphatic carbocycles. The molecule has 18 heavy (non-hydrogen) atoms. The van der Waals surface area contributed by atoms with Crippen molar-refractivity contribution in [3.8, 4) is 0 Å². The van der Waals surface area contributed by atoms with Gasteiger partial charge >= 0.3 is 0 Å². The van der Waals surface area contributed by atoms with Crippen molar-refractivity contribution in [1.82, 2.24) is 10.3 Å². The number of halogens is 1. The number of nitrogens with one attached hydrogen (secondary N) is 1. The third-order valence-corrected chi connectivity index (χ3v) is 3.12. The van der Waals surface area contributed by atoms with Gasteiger partial charge in [0, 0.05) is 18.4 Å². The van der Waals surface area contributed by atoms with Crippen molar-refractivity contribution in [2.45, 2.75) is 19.4 Å². The minimum atomic E-state index is -0.186. The summed E-state index contributed by atoms with van der Waals surface area (Å²) in [5, 5.41) is 3.28. The minimum absolute atomic E-state index is 0.176. The van der Waals surface area contributed by atoms with Crippen molar-refractivity contribution >= 4 is 0 Å². The monoisotopic (exact) mass is 244 g/mol. The van der Waals surface area contributed by atoms with Gasteiger partial charge in [0.1, 0.15) is 5.82 Å². The van der Waals surface area contributed by atoms with Crippen LogP contribution in [0.15, 0.2) is 42.7 Å². The molecule has 0 bridgehead atoms. The fourth-order valence-corrected chi connectivity index (χ4v) is 2.14. The van der Waals surface area contributed by atoms with Gasteiger partial charge in [-0.1, -0.05) is 12.1 Å². The number of hydrogen-bond donors (Lipinski definition) is 1. The number of rotatable bonds is 4. The van der Waals surface area contributed by atoms with Crippen LogP contribution in [-0.4, -0.2) is 12.0 Å². The Bertz CT molecular complexity index is 525. The van der Waals surface area contributed by atoms with E-state index in [9.17, 15) is 4.39 Å². The zero-order valence-electron chi connectivity index (χ0n) is 10.7. The van der Waals surface area contributed by atoms with Gasteiger partial charge in [0.15, 0.2) is 0 Å². The molecule has 0 aliphatic rings. The summed E-state index contributed by atoms with van der Waals surface area (Å²) >= 11 is 0. The lowest BCUT2D eigenvalue weighted by Crippen LogP contribution is -2.20. The summed E-state index contributed by atoms with van der Waals surface area (Å²) in [5.41, 5.74) is 3.34. The first-order valence-corrected chi connectivity index (χ1v) is 6.03. The van der Waals surface area contributed by atoms with Crippen LogP contribution in [0.5, 0.6) is 0 Å². The van der Waals surface area contributed by atoms with Crippen LogP contribution in [0.25, 0.3) is 0 Å². The molecule has 0 aliphatic heterocycles. The molecule has 1 aromatic carbocycles. The van der Waals surface area contributed by atoms with Gasteiger partial charge in [0.05, 0.1) is 0 Å². The zero-order valence-corrected chi connectivity index (χ0v) is 10.7. The highest BCUT2D eigenvalue weighted by Gasteiger charge is 2.12. The highest BCUT2D eigenvalue weighted by molar-refractivity contribution is 5.28. The van der Waals surface area contributed by atoms with Crippen molar-refractivity contribution in [3.05, 3.63) is 65.2 Å². The Hall–Kier alpha value is -1.74. The second-order valence-electron chi connectivity index (χ2n) is 4.41. The highest BCUT2D eigenvalue weighted by Crippen LogP contribution is 2.20. The topological polar surface area (TPSA) is 24.9 Å². The van der Waals surface area contributed by atoms with E-state index >= 15 is 0 Å². The lowest BCUT2D eigenvalue weighted by atomic mass is 9.97. The number of likely N-dealkylation sites (N-methyl/N-ethyl adjacent to an activating group) is 1. The number of nitrogens with zero attached hydrogens (tertiary/aromatic N) is 1. The van der Waals surface area contributed by atoms with Crippen molar-refractivity contribution in [1.29, 1.82) is 0 Å². The SMILES string of the molecule is CNC(Cc1cccc(F)c1)c1ccncc1C. The zero-order chi connectivity index (χ0) is 13.0. The van der Waals surface area contributed by atoms with E-state index in [1.807, 2.05) is 32.3 Å². The first-order chi connectivity index (χ1) is 8.70. The van der Waals surface area contributed by atoms with E-state index in [0.29, 0.717) is 0 Å². The maximum Gasteiger partial charge on any atom is 0.123 e. The minimum Gasteiger partial charge on any atom is -0.313 e. The first-order valence-electron chi connectivity index (χ1n) is 6.03. The van der Waals surface area contributed by atoms with Gasteiger partial charge in [0.2, 0.25) is 0 Å². The number of aromatic nitrogens is 1. The molecular formula is C15H17FN2. The Labute approximate surface area is 107 Å². The van der Waals surface area contributed by atoms with Crippen LogP contribution in [0.2, 0.25) is 0 Å². The first kappa shape index (κ1) is 12.7. The molecule has 1 atom stereocenters. The second-order valence-corrected chi connectivity index (χ2v) is 4.41. The van der Waals surface area contributed by atoms with Crippen molar-refractivity contribution in [3.63, 3.8) is 0 Å². The molecule has 0 spiro atoms. The van der Waals surface area contributed by atoms with E-state index < -0.39 is 0 Å². The van der Waals surface area contributed by atoms with Gasteiger partial charge in [-0.2, -0.15) is 0 Å². The van der Waals surface area contributed by atoms with Crippen molar-refractivity contribution < 1.29 is 4.39 Å². The molecule has 0 saturated heterocycles. The molecule has 1 N–H and O–H groups in total. The molecule has 0 radical (unpaired) electrons. The standard InChI is InChI=1S/C15H17FN2/c1-11-10-18-7-6-14(11)15(17-2)9-12-4-3-5-13(16)8-12/h3-8,10,15,17H,9H2,1-2H3. The van der Waals surface area contributed by atoms with Crippen molar-refractivity contribution in [2.24, 2.45) is 0 Å². The van der Waals surface area contributed by atoms with Gasteiger partial charge in [-0.05, 0) is 55.3 Å². The lowest BCUT2D eigenvalue weighted by molar-refractivity contribution is 0.581. The van der Waals surface area contributed by atoms with E-state index in [2.05, 4.69) is 10.3 Å². The molecule has 94 valence electrons. The van der Waals surface area contributed by atoms with Crippen LogP contribution in [0.1, 0.15) is 22.7 Å². The number of aryl methyl sites for hydroxylation is 1. The summed E-state index contributed by atoms with van der Waals surface area (Å²) in [6.07, 6.45) is 4.41. The quantitative estimate of drug-likeness (QED) is 0.894. The third kappa shape index (κ3) is 2.93. The van der Waals surface area contributed by atoms with Crippen LogP contribution in [0.4, 0.5) is 4.39 Å². The second kappa shape index (κ2) is 5.74. The summed E-state index contributed by atoms with van der Waals surface area (Å²) in [5.74, 6) is -0.186. The fraction of sp³-hybridized carbons (Fsp3) is 0.267. The molecule has 3 heteroatoms. The fourth-order valence-electron chi connectivity index (χ4n) is 2.14. The van der Waals surface area contributed by atoms with Gasteiger partial charge in [-0.3, -0.25) is 4.98 Å². The molecular weight excluding hydrogens is 227 g/mol. The normalized spacial score (nSPS) is 12.4. The predicted molar refractivity (Wildman–Crippen MR) is 70.9 cm³/mol. The van der Waals surface area contributed by atoms with E-state index in [0.717, 1.165) is 17.5 Å². The number of pyridine rings is 1. The Morgan fingerprint density at radius 3 is 2.83 bits per heavy atom. The van der Waals surface area contributed by atoms with Crippen LogP contribution in [-0.2, 0) is 6.42 Å². The smallest absolute Gasteiger partial charge is 0.123 e. The Kier molecular flexibility index (Phi) is 4.05. The molecule has 0 fully saturated rings. The summed E-state index contributed by atoms with van der Waals surface area (Å²) in [6.45, 7) is 2.04. The third-order valence-electron chi connectivity index (χ3n) is 3.12. The van der Waals surface area contributed by atoms with E-state index in [-0.39, 0.29) is 11.9 Å². The van der Waals surface area contributed by atoms with Gasteiger partial charge in [0.25, 0.3) is 0 Å². The maximum absolute atomic E-state index is 13.2. The average Bonchev–Trinajstić information content (AvgIpc) is 2.37. The molecule has 2 rings (SSSR count). The number of hydrogen-bond acceptors (Lipinski definition) is 2. The van der Waals surface area contributed by atoms with Crippen LogP contribution in [0.3, 0.4) is 0 Å². The van der Waals surface area contributed by atoms with Gasteiger partial charge < -0.3 is 5.32 Å². The van der Waals surface area contributed by atoms with E-state index in [1.165, 1.54) is 11.6 Å². The average molecular weight is 244 g/mol. The molecule has 0 saturated carbocycles. The largest absolute Gasteiger partial charge is 0.313 e. The van der Waals surface area contributed by atoms with Gasteiger partial charge in [-0.15, -0.1) is 0 Å². The Morgan fingerprint density at radius 2 is 2.17 bits per heavy atom. The molecule has 0 amide bonds. The predicted octanol–water partition coefficient (Wildman–Crippen LogP) is 3.03. The Balaban J connectivity index is 2.23. The summed E-state index contributed by atoms with van der Waals surface area (Å²) in [7, 11) is 1.92. The molecule has 1 heterocycles. The molecule has 1 unspecified atom stereocenters. The summed E-state index contributed by atoms with van der Waals surface area (Å²) in [6, 6.07) is 8.93. The van der Waals surface area contributed by atoms with Crippen molar-refractivity contribution in [2.75, 3.05) is 7.05 Å². The lowest BCUT2D eigenvalue weighted by Gasteiger charge is -2.18.